The SMILES string of the molecule is CO/N=C1\c2ccccc2[C@]2(C)CCCC(C)(C)[C@H]12. The van der Waals surface area contributed by atoms with E-state index in [-0.39, 0.29) is 10.8 Å². The van der Waals surface area contributed by atoms with Gasteiger partial charge in [-0.2, -0.15) is 0 Å². The molecule has 1 aromatic rings. The first-order valence-corrected chi connectivity index (χ1v) is 7.21. The second kappa shape index (κ2) is 4.09. The van der Waals surface area contributed by atoms with E-state index in [9.17, 15) is 0 Å². The minimum Gasteiger partial charge on any atom is -0.399 e. The largest absolute Gasteiger partial charge is 0.399 e. The maximum absolute atomic E-state index is 5.16. The van der Waals surface area contributed by atoms with Crippen LogP contribution in [0.5, 0.6) is 0 Å². The van der Waals surface area contributed by atoms with E-state index in [1.54, 1.807) is 7.11 Å². The summed E-state index contributed by atoms with van der Waals surface area (Å²) in [6.45, 7) is 7.17. The molecule has 0 saturated heterocycles. The van der Waals surface area contributed by atoms with Crippen molar-refractivity contribution in [1.29, 1.82) is 0 Å². The van der Waals surface area contributed by atoms with Gasteiger partial charge in [0.2, 0.25) is 0 Å². The summed E-state index contributed by atoms with van der Waals surface area (Å²) >= 11 is 0. The molecule has 2 aliphatic rings. The molecule has 0 unspecified atom stereocenters. The zero-order chi connectivity index (χ0) is 13.7. The van der Waals surface area contributed by atoms with Crippen molar-refractivity contribution in [2.75, 3.05) is 7.11 Å². The van der Waals surface area contributed by atoms with Gasteiger partial charge in [0.25, 0.3) is 0 Å². The summed E-state index contributed by atoms with van der Waals surface area (Å²) in [7, 11) is 1.65. The monoisotopic (exact) mass is 257 g/mol. The molecule has 2 nitrogen and oxygen atoms in total. The average molecular weight is 257 g/mol. The highest BCUT2D eigenvalue weighted by molar-refractivity contribution is 6.08. The molecule has 0 heterocycles. The van der Waals surface area contributed by atoms with E-state index < -0.39 is 0 Å². The van der Waals surface area contributed by atoms with Crippen LogP contribution in [-0.4, -0.2) is 12.8 Å². The van der Waals surface area contributed by atoms with E-state index in [1.165, 1.54) is 30.4 Å². The van der Waals surface area contributed by atoms with Gasteiger partial charge >= 0.3 is 0 Å². The summed E-state index contributed by atoms with van der Waals surface area (Å²) in [5.41, 5.74) is 4.42. The smallest absolute Gasteiger partial charge is 0.106 e. The van der Waals surface area contributed by atoms with Gasteiger partial charge in [0.1, 0.15) is 7.11 Å². The summed E-state index contributed by atoms with van der Waals surface area (Å²) in [4.78, 5) is 5.16. The third-order valence-electron chi connectivity index (χ3n) is 5.22. The van der Waals surface area contributed by atoms with Crippen LogP contribution >= 0.6 is 0 Å². The average Bonchev–Trinajstić information content (AvgIpc) is 2.61. The summed E-state index contributed by atoms with van der Waals surface area (Å²) in [5.74, 6) is 0.464. The van der Waals surface area contributed by atoms with E-state index >= 15 is 0 Å². The van der Waals surface area contributed by atoms with Crippen LogP contribution in [-0.2, 0) is 10.3 Å². The molecule has 0 aromatic heterocycles. The Kier molecular flexibility index (Phi) is 2.74. The molecule has 1 saturated carbocycles. The topological polar surface area (TPSA) is 21.6 Å². The first kappa shape index (κ1) is 12.7. The van der Waals surface area contributed by atoms with Crippen LogP contribution in [0.25, 0.3) is 0 Å². The number of nitrogens with zero attached hydrogens (tertiary/aromatic N) is 1. The fraction of sp³-hybridized carbons (Fsp3) is 0.588. The lowest BCUT2D eigenvalue weighted by Crippen LogP contribution is -2.44. The number of fused-ring (bicyclic) bond motifs is 3. The molecule has 0 amide bonds. The van der Waals surface area contributed by atoms with E-state index in [2.05, 4.69) is 50.2 Å². The Morgan fingerprint density at radius 1 is 1.16 bits per heavy atom. The molecule has 0 bridgehead atoms. The van der Waals surface area contributed by atoms with E-state index in [0.717, 1.165) is 5.71 Å². The summed E-state index contributed by atoms with van der Waals surface area (Å²) < 4.78 is 0. The predicted octanol–water partition coefficient (Wildman–Crippen LogP) is 4.13. The number of oxime groups is 1. The summed E-state index contributed by atoms with van der Waals surface area (Å²) in [6.07, 6.45) is 3.82. The molecule has 1 aromatic carbocycles. The van der Waals surface area contributed by atoms with Crippen LogP contribution in [0.2, 0.25) is 0 Å². The molecule has 19 heavy (non-hydrogen) atoms. The van der Waals surface area contributed by atoms with E-state index in [0.29, 0.717) is 5.92 Å². The Morgan fingerprint density at radius 3 is 2.63 bits per heavy atom. The normalized spacial score (nSPS) is 33.9. The molecule has 0 N–H and O–H groups in total. The Hall–Kier alpha value is -1.31. The van der Waals surface area contributed by atoms with Gasteiger partial charge in [-0.25, -0.2) is 0 Å². The Bertz CT molecular complexity index is 532. The zero-order valence-electron chi connectivity index (χ0n) is 12.4. The van der Waals surface area contributed by atoms with Gasteiger partial charge in [0, 0.05) is 16.9 Å². The highest BCUT2D eigenvalue weighted by Gasteiger charge is 2.55. The maximum atomic E-state index is 5.16. The van der Waals surface area contributed by atoms with E-state index in [1.807, 2.05) is 0 Å². The fourth-order valence-electron chi connectivity index (χ4n) is 4.58. The third-order valence-corrected chi connectivity index (χ3v) is 5.22. The Balaban J connectivity index is 2.24. The second-order valence-corrected chi connectivity index (χ2v) is 6.90. The number of rotatable bonds is 1. The molecular weight excluding hydrogens is 234 g/mol. The van der Waals surface area contributed by atoms with Gasteiger partial charge in [-0.3, -0.25) is 0 Å². The number of hydrogen-bond acceptors (Lipinski definition) is 2. The molecule has 102 valence electrons. The lowest BCUT2D eigenvalue weighted by Gasteiger charge is -2.47. The van der Waals surface area contributed by atoms with Gasteiger partial charge in [0.05, 0.1) is 5.71 Å². The standard InChI is InChI=1S/C17H23NO/c1-16(2)10-7-11-17(3)13-9-6-5-8-12(13)14(15(16)17)18-19-4/h5-6,8-9,15H,7,10-11H2,1-4H3/b18-14+/t15-,17-/m0/s1. The molecule has 0 aliphatic heterocycles. The first-order valence-electron chi connectivity index (χ1n) is 7.21. The summed E-state index contributed by atoms with van der Waals surface area (Å²) in [5, 5.41) is 4.41. The molecule has 0 radical (unpaired) electrons. The van der Waals surface area contributed by atoms with Crippen molar-refractivity contribution in [3.63, 3.8) is 0 Å². The van der Waals surface area contributed by atoms with Crippen LogP contribution < -0.4 is 0 Å². The van der Waals surface area contributed by atoms with Crippen molar-refractivity contribution < 1.29 is 4.84 Å². The van der Waals surface area contributed by atoms with Crippen molar-refractivity contribution in [1.82, 2.24) is 0 Å². The first-order chi connectivity index (χ1) is 9.00. The number of benzene rings is 1. The summed E-state index contributed by atoms with van der Waals surface area (Å²) in [6, 6.07) is 8.74. The van der Waals surface area contributed by atoms with Gasteiger partial charge in [-0.1, -0.05) is 56.6 Å². The molecule has 1 fully saturated rings. The molecule has 2 aliphatic carbocycles. The van der Waals surface area contributed by atoms with Crippen LogP contribution in [0.4, 0.5) is 0 Å². The minimum atomic E-state index is 0.218. The highest BCUT2D eigenvalue weighted by Crippen LogP contribution is 2.58. The van der Waals surface area contributed by atoms with Crippen molar-refractivity contribution in [2.24, 2.45) is 16.5 Å². The Labute approximate surface area is 115 Å². The molecule has 3 rings (SSSR count). The zero-order valence-corrected chi connectivity index (χ0v) is 12.4. The predicted molar refractivity (Wildman–Crippen MR) is 78.5 cm³/mol. The van der Waals surface area contributed by atoms with Crippen molar-refractivity contribution in [2.45, 2.75) is 45.4 Å². The van der Waals surface area contributed by atoms with Crippen LogP contribution in [0.15, 0.2) is 29.4 Å². The molecule has 2 atom stereocenters. The fourth-order valence-corrected chi connectivity index (χ4v) is 4.58. The van der Waals surface area contributed by atoms with Crippen LogP contribution in [0, 0.1) is 11.3 Å². The van der Waals surface area contributed by atoms with Gasteiger partial charge in [0.15, 0.2) is 0 Å². The van der Waals surface area contributed by atoms with Gasteiger partial charge in [-0.05, 0) is 23.8 Å². The van der Waals surface area contributed by atoms with Gasteiger partial charge < -0.3 is 4.84 Å². The van der Waals surface area contributed by atoms with E-state index in [4.69, 9.17) is 4.84 Å². The van der Waals surface area contributed by atoms with Gasteiger partial charge in [-0.15, -0.1) is 0 Å². The van der Waals surface area contributed by atoms with Crippen LogP contribution in [0.3, 0.4) is 0 Å². The molecule has 0 spiro atoms. The highest BCUT2D eigenvalue weighted by atomic mass is 16.6. The molecular formula is C17H23NO. The van der Waals surface area contributed by atoms with Crippen molar-refractivity contribution >= 4 is 5.71 Å². The quantitative estimate of drug-likeness (QED) is 0.693. The molecule has 2 heteroatoms. The number of hydrogen-bond donors (Lipinski definition) is 0. The minimum absolute atomic E-state index is 0.218. The lowest BCUT2D eigenvalue weighted by atomic mass is 9.56. The Morgan fingerprint density at radius 2 is 1.89 bits per heavy atom. The second-order valence-electron chi connectivity index (χ2n) is 6.90. The van der Waals surface area contributed by atoms with Crippen molar-refractivity contribution in [3.8, 4) is 0 Å². The third kappa shape index (κ3) is 1.65. The van der Waals surface area contributed by atoms with Crippen LogP contribution in [0.1, 0.15) is 51.2 Å². The lowest BCUT2D eigenvalue weighted by molar-refractivity contribution is 0.109. The van der Waals surface area contributed by atoms with Crippen molar-refractivity contribution in [3.05, 3.63) is 35.4 Å². The maximum Gasteiger partial charge on any atom is 0.106 e.